The van der Waals surface area contributed by atoms with Crippen LogP contribution in [0.5, 0.6) is 5.75 Å². The molecule has 104 valence electrons. The first-order valence-electron chi connectivity index (χ1n) is 6.62. The Morgan fingerprint density at radius 2 is 2.26 bits per heavy atom. The van der Waals surface area contributed by atoms with Crippen molar-refractivity contribution in [3.8, 4) is 5.75 Å². The van der Waals surface area contributed by atoms with Crippen LogP contribution >= 0.6 is 0 Å². The van der Waals surface area contributed by atoms with Gasteiger partial charge < -0.3 is 10.4 Å². The average molecular weight is 266 g/mol. The number of likely N-dealkylation sites (N-methyl/N-ethyl adjacent to an activating group) is 1. The van der Waals surface area contributed by atoms with Crippen molar-refractivity contribution in [1.82, 2.24) is 10.2 Å². The highest BCUT2D eigenvalue weighted by molar-refractivity contribution is 5.96. The highest BCUT2D eigenvalue weighted by Crippen LogP contribution is 2.25. The smallest absolute Gasteiger partial charge is 0.255 e. The van der Waals surface area contributed by atoms with Crippen LogP contribution in [-0.2, 0) is 0 Å². The second kappa shape index (κ2) is 6.02. The fourth-order valence-electron chi connectivity index (χ4n) is 2.14. The maximum atomic E-state index is 12.8. The number of carbonyl (C=O) groups excluding carboxylic acids is 1. The second-order valence-corrected chi connectivity index (χ2v) is 4.78. The molecule has 1 aliphatic rings. The number of phenols is 1. The van der Waals surface area contributed by atoms with Crippen LogP contribution in [0, 0.1) is 5.82 Å². The van der Waals surface area contributed by atoms with Crippen molar-refractivity contribution in [2.45, 2.75) is 25.8 Å². The summed E-state index contributed by atoms with van der Waals surface area (Å²) >= 11 is 0. The third-order valence-corrected chi connectivity index (χ3v) is 3.36. The molecule has 0 spiro atoms. The Balaban J connectivity index is 1.83. The van der Waals surface area contributed by atoms with E-state index in [0.717, 1.165) is 25.2 Å². The Morgan fingerprint density at radius 3 is 2.84 bits per heavy atom. The van der Waals surface area contributed by atoms with Crippen LogP contribution in [0.15, 0.2) is 18.2 Å². The number of amides is 1. The number of nitrogens with one attached hydrogen (secondary N) is 1. The Bertz CT molecular complexity index is 461. The maximum Gasteiger partial charge on any atom is 0.255 e. The van der Waals surface area contributed by atoms with E-state index >= 15 is 0 Å². The summed E-state index contributed by atoms with van der Waals surface area (Å²) in [4.78, 5) is 14.1. The van der Waals surface area contributed by atoms with Gasteiger partial charge in [0, 0.05) is 25.2 Å². The van der Waals surface area contributed by atoms with Crippen molar-refractivity contribution in [2.24, 2.45) is 0 Å². The summed E-state index contributed by atoms with van der Waals surface area (Å²) in [6.45, 7) is 4.41. The topological polar surface area (TPSA) is 52.6 Å². The molecule has 1 fully saturated rings. The average Bonchev–Trinajstić information content (AvgIpc) is 3.18. The molecule has 0 aromatic heterocycles. The van der Waals surface area contributed by atoms with Gasteiger partial charge in [0.25, 0.3) is 5.91 Å². The molecule has 5 heteroatoms. The lowest BCUT2D eigenvalue weighted by Gasteiger charge is -2.19. The number of hydrogen-bond donors (Lipinski definition) is 2. The van der Waals surface area contributed by atoms with E-state index in [1.54, 1.807) is 0 Å². The fraction of sp³-hybridized carbons (Fsp3) is 0.500. The number of phenolic OH excluding ortho intramolecular Hbond substituents is 1. The lowest BCUT2D eigenvalue weighted by molar-refractivity contribution is 0.0945. The van der Waals surface area contributed by atoms with E-state index in [1.807, 2.05) is 0 Å². The Kier molecular flexibility index (Phi) is 4.37. The van der Waals surface area contributed by atoms with Gasteiger partial charge in [-0.1, -0.05) is 6.92 Å². The fourth-order valence-corrected chi connectivity index (χ4v) is 2.14. The molecular weight excluding hydrogens is 247 g/mol. The standard InChI is InChI=1S/C14H19FN2O2/c1-2-17(11-4-5-11)8-7-16-14(19)12-6-3-10(15)9-13(12)18/h3,6,9,11,18H,2,4-5,7-8H2,1H3,(H,16,19). The molecule has 1 amide bonds. The zero-order valence-corrected chi connectivity index (χ0v) is 11.0. The molecule has 0 unspecified atom stereocenters. The Hall–Kier alpha value is -1.62. The van der Waals surface area contributed by atoms with E-state index < -0.39 is 5.82 Å². The molecule has 1 aromatic carbocycles. The summed E-state index contributed by atoms with van der Waals surface area (Å²) in [5.41, 5.74) is 0.107. The molecule has 0 saturated heterocycles. The minimum atomic E-state index is -0.556. The summed E-state index contributed by atoms with van der Waals surface area (Å²) in [5, 5.41) is 12.2. The summed E-state index contributed by atoms with van der Waals surface area (Å²) in [7, 11) is 0. The molecule has 19 heavy (non-hydrogen) atoms. The van der Waals surface area contributed by atoms with Gasteiger partial charge in [-0.05, 0) is 31.5 Å². The van der Waals surface area contributed by atoms with Crippen LogP contribution in [0.2, 0.25) is 0 Å². The van der Waals surface area contributed by atoms with Crippen molar-refractivity contribution in [3.05, 3.63) is 29.6 Å². The molecule has 1 saturated carbocycles. The maximum absolute atomic E-state index is 12.8. The molecule has 0 radical (unpaired) electrons. The van der Waals surface area contributed by atoms with Gasteiger partial charge in [-0.3, -0.25) is 9.69 Å². The zero-order valence-electron chi connectivity index (χ0n) is 11.0. The van der Waals surface area contributed by atoms with Gasteiger partial charge in [0.15, 0.2) is 0 Å². The predicted octanol–water partition coefficient (Wildman–Crippen LogP) is 1.75. The molecule has 1 aliphatic carbocycles. The monoisotopic (exact) mass is 266 g/mol. The summed E-state index contributed by atoms with van der Waals surface area (Å²) in [6.07, 6.45) is 2.47. The first kappa shape index (κ1) is 13.8. The van der Waals surface area contributed by atoms with E-state index in [4.69, 9.17) is 0 Å². The van der Waals surface area contributed by atoms with E-state index in [9.17, 15) is 14.3 Å². The molecule has 2 N–H and O–H groups in total. The van der Waals surface area contributed by atoms with Gasteiger partial charge in [-0.15, -0.1) is 0 Å². The van der Waals surface area contributed by atoms with Gasteiger partial charge in [0.2, 0.25) is 0 Å². The second-order valence-electron chi connectivity index (χ2n) is 4.78. The molecule has 0 atom stereocenters. The number of nitrogens with zero attached hydrogens (tertiary/aromatic N) is 1. The zero-order chi connectivity index (χ0) is 13.8. The van der Waals surface area contributed by atoms with Crippen molar-refractivity contribution >= 4 is 5.91 Å². The van der Waals surface area contributed by atoms with E-state index in [2.05, 4.69) is 17.1 Å². The highest BCUT2D eigenvalue weighted by atomic mass is 19.1. The minimum Gasteiger partial charge on any atom is -0.507 e. The van der Waals surface area contributed by atoms with E-state index in [0.29, 0.717) is 12.6 Å². The van der Waals surface area contributed by atoms with Crippen LogP contribution in [0.1, 0.15) is 30.1 Å². The lowest BCUT2D eigenvalue weighted by atomic mass is 10.2. The summed E-state index contributed by atoms with van der Waals surface area (Å²) in [5.74, 6) is -1.25. The van der Waals surface area contributed by atoms with Crippen molar-refractivity contribution in [2.75, 3.05) is 19.6 Å². The molecule has 0 aliphatic heterocycles. The number of benzene rings is 1. The number of halogens is 1. The summed E-state index contributed by atoms with van der Waals surface area (Å²) in [6, 6.07) is 4.06. The first-order chi connectivity index (χ1) is 9.11. The van der Waals surface area contributed by atoms with Crippen molar-refractivity contribution in [1.29, 1.82) is 0 Å². The number of aromatic hydroxyl groups is 1. The third kappa shape index (κ3) is 3.67. The van der Waals surface area contributed by atoms with Gasteiger partial charge in [-0.25, -0.2) is 4.39 Å². The van der Waals surface area contributed by atoms with Gasteiger partial charge in [-0.2, -0.15) is 0 Å². The number of carbonyl (C=O) groups is 1. The van der Waals surface area contributed by atoms with Crippen LogP contribution in [0.3, 0.4) is 0 Å². The molecule has 0 heterocycles. The van der Waals surface area contributed by atoms with Crippen LogP contribution < -0.4 is 5.32 Å². The lowest BCUT2D eigenvalue weighted by Crippen LogP contribution is -2.36. The highest BCUT2D eigenvalue weighted by Gasteiger charge is 2.27. The van der Waals surface area contributed by atoms with Crippen LogP contribution in [0.4, 0.5) is 4.39 Å². The van der Waals surface area contributed by atoms with Crippen molar-refractivity contribution in [3.63, 3.8) is 0 Å². The molecule has 4 nitrogen and oxygen atoms in total. The van der Waals surface area contributed by atoms with Gasteiger partial charge >= 0.3 is 0 Å². The quantitative estimate of drug-likeness (QED) is 0.824. The van der Waals surface area contributed by atoms with Crippen molar-refractivity contribution < 1.29 is 14.3 Å². The van der Waals surface area contributed by atoms with Crippen LogP contribution in [0.25, 0.3) is 0 Å². The number of hydrogen-bond acceptors (Lipinski definition) is 3. The van der Waals surface area contributed by atoms with Gasteiger partial charge in [0.1, 0.15) is 11.6 Å². The third-order valence-electron chi connectivity index (χ3n) is 3.36. The van der Waals surface area contributed by atoms with E-state index in [-0.39, 0.29) is 17.2 Å². The first-order valence-corrected chi connectivity index (χ1v) is 6.62. The Morgan fingerprint density at radius 1 is 1.53 bits per heavy atom. The van der Waals surface area contributed by atoms with Crippen LogP contribution in [-0.4, -0.2) is 41.6 Å². The largest absolute Gasteiger partial charge is 0.507 e. The molecule has 1 aromatic rings. The normalized spacial score (nSPS) is 14.7. The van der Waals surface area contributed by atoms with Gasteiger partial charge in [0.05, 0.1) is 5.56 Å². The SMILES string of the molecule is CCN(CCNC(=O)c1ccc(F)cc1O)C1CC1. The Labute approximate surface area is 112 Å². The molecule has 2 rings (SSSR count). The molecule has 0 bridgehead atoms. The summed E-state index contributed by atoms with van der Waals surface area (Å²) < 4.78 is 12.8. The predicted molar refractivity (Wildman–Crippen MR) is 70.7 cm³/mol. The minimum absolute atomic E-state index is 0.107. The molecular formula is C14H19FN2O2. The number of rotatable bonds is 6. The van der Waals surface area contributed by atoms with E-state index in [1.165, 1.54) is 18.9 Å².